The molecule has 0 fully saturated rings. The number of likely N-dealkylation sites (N-methyl/N-ethyl adjacent to an activating group) is 1. The highest BCUT2D eigenvalue weighted by Crippen LogP contribution is 2.19. The molecule has 0 N–H and O–H groups in total. The standard InChI is InChI=1S/C14H22N2O2S/c1-11(2)19-10-14(17)16(3)13(9-18-4)12-7-5-6-8-15-12/h5-8,11,13H,9-10H2,1-4H3. The molecule has 1 aromatic rings. The Morgan fingerprint density at radius 3 is 2.74 bits per heavy atom. The van der Waals surface area contributed by atoms with E-state index in [1.807, 2.05) is 25.2 Å². The van der Waals surface area contributed by atoms with Gasteiger partial charge in [0.15, 0.2) is 0 Å². The summed E-state index contributed by atoms with van der Waals surface area (Å²) >= 11 is 1.65. The average Bonchev–Trinajstić information content (AvgIpc) is 2.42. The fourth-order valence-electron chi connectivity index (χ4n) is 1.64. The Bertz CT molecular complexity index is 384. The molecule has 0 saturated heterocycles. The zero-order valence-electron chi connectivity index (χ0n) is 12.0. The van der Waals surface area contributed by atoms with Crippen molar-refractivity contribution in [1.82, 2.24) is 9.88 Å². The molecule has 1 heterocycles. The Balaban J connectivity index is 2.73. The van der Waals surface area contributed by atoms with Crippen molar-refractivity contribution >= 4 is 17.7 Å². The smallest absolute Gasteiger partial charge is 0.232 e. The average molecular weight is 282 g/mol. The van der Waals surface area contributed by atoms with Crippen LogP contribution in [0.25, 0.3) is 0 Å². The molecule has 4 nitrogen and oxygen atoms in total. The highest BCUT2D eigenvalue weighted by atomic mass is 32.2. The number of thioether (sulfide) groups is 1. The molecule has 1 atom stereocenters. The molecule has 0 aliphatic carbocycles. The zero-order chi connectivity index (χ0) is 14.3. The largest absolute Gasteiger partial charge is 0.382 e. The van der Waals surface area contributed by atoms with Gasteiger partial charge in [0.2, 0.25) is 5.91 Å². The van der Waals surface area contributed by atoms with E-state index in [0.29, 0.717) is 17.6 Å². The SMILES string of the molecule is COCC(c1ccccn1)N(C)C(=O)CSC(C)C. The lowest BCUT2D eigenvalue weighted by Gasteiger charge is -2.27. The maximum absolute atomic E-state index is 12.2. The van der Waals surface area contributed by atoms with Gasteiger partial charge in [-0.05, 0) is 17.4 Å². The van der Waals surface area contributed by atoms with E-state index in [0.717, 1.165) is 5.69 Å². The fraction of sp³-hybridized carbons (Fsp3) is 0.571. The predicted molar refractivity (Wildman–Crippen MR) is 79.2 cm³/mol. The van der Waals surface area contributed by atoms with E-state index in [-0.39, 0.29) is 11.9 Å². The molecule has 0 saturated carbocycles. The molecule has 1 amide bonds. The molecular weight excluding hydrogens is 260 g/mol. The van der Waals surface area contributed by atoms with Crippen LogP contribution in [0.3, 0.4) is 0 Å². The molecule has 5 heteroatoms. The van der Waals surface area contributed by atoms with Gasteiger partial charge in [0.05, 0.1) is 24.1 Å². The Hall–Kier alpha value is -1.07. The molecule has 0 spiro atoms. The summed E-state index contributed by atoms with van der Waals surface area (Å²) in [7, 11) is 3.44. The van der Waals surface area contributed by atoms with Gasteiger partial charge in [-0.3, -0.25) is 9.78 Å². The summed E-state index contributed by atoms with van der Waals surface area (Å²) in [6.07, 6.45) is 1.74. The van der Waals surface area contributed by atoms with Crippen molar-refractivity contribution in [3.05, 3.63) is 30.1 Å². The molecular formula is C14H22N2O2S. The minimum absolute atomic E-state index is 0.103. The summed E-state index contributed by atoms with van der Waals surface area (Å²) in [5.41, 5.74) is 0.856. The summed E-state index contributed by atoms with van der Waals surface area (Å²) in [6, 6.07) is 5.57. The number of hydrogen-bond acceptors (Lipinski definition) is 4. The summed E-state index contributed by atoms with van der Waals surface area (Å²) < 4.78 is 5.21. The molecule has 1 aromatic heterocycles. The Morgan fingerprint density at radius 1 is 1.47 bits per heavy atom. The van der Waals surface area contributed by atoms with Crippen molar-refractivity contribution in [1.29, 1.82) is 0 Å². The molecule has 0 radical (unpaired) electrons. The summed E-state index contributed by atoms with van der Waals surface area (Å²) in [5.74, 6) is 0.590. The van der Waals surface area contributed by atoms with Crippen molar-refractivity contribution < 1.29 is 9.53 Å². The predicted octanol–water partition coefficient (Wildman–Crippen LogP) is 2.37. The van der Waals surface area contributed by atoms with Gasteiger partial charge in [-0.1, -0.05) is 19.9 Å². The Morgan fingerprint density at radius 2 is 2.21 bits per heavy atom. The van der Waals surface area contributed by atoms with Crippen molar-refractivity contribution in [3.63, 3.8) is 0 Å². The minimum atomic E-state index is -0.133. The molecule has 0 aromatic carbocycles. The van der Waals surface area contributed by atoms with E-state index in [1.54, 1.807) is 30.0 Å². The number of aromatic nitrogens is 1. The van der Waals surface area contributed by atoms with Gasteiger partial charge in [-0.25, -0.2) is 0 Å². The monoisotopic (exact) mass is 282 g/mol. The molecule has 0 bridgehead atoms. The van der Waals surface area contributed by atoms with Crippen molar-refractivity contribution in [3.8, 4) is 0 Å². The van der Waals surface area contributed by atoms with Crippen molar-refractivity contribution in [2.24, 2.45) is 0 Å². The third kappa shape index (κ3) is 5.20. The first-order valence-electron chi connectivity index (χ1n) is 6.33. The van der Waals surface area contributed by atoms with Gasteiger partial charge in [0, 0.05) is 20.4 Å². The first kappa shape index (κ1) is 16.0. The van der Waals surface area contributed by atoms with E-state index < -0.39 is 0 Å². The number of methoxy groups -OCH3 is 1. The van der Waals surface area contributed by atoms with Gasteiger partial charge in [-0.2, -0.15) is 0 Å². The summed E-state index contributed by atoms with van der Waals surface area (Å²) in [4.78, 5) is 18.2. The number of hydrogen-bond donors (Lipinski definition) is 0. The van der Waals surface area contributed by atoms with Gasteiger partial charge in [0.1, 0.15) is 0 Å². The second kappa shape index (κ2) is 8.17. The summed E-state index contributed by atoms with van der Waals surface area (Å²) in [5, 5.41) is 0.452. The van der Waals surface area contributed by atoms with Crippen LogP contribution in [0, 0.1) is 0 Å². The van der Waals surface area contributed by atoms with Crippen LogP contribution in [0.5, 0.6) is 0 Å². The number of rotatable bonds is 7. The Labute approximate surface area is 119 Å². The number of ether oxygens (including phenoxy) is 1. The number of nitrogens with zero attached hydrogens (tertiary/aromatic N) is 2. The quantitative estimate of drug-likeness (QED) is 0.770. The van der Waals surface area contributed by atoms with E-state index in [4.69, 9.17) is 4.74 Å². The minimum Gasteiger partial charge on any atom is -0.382 e. The second-order valence-corrected chi connectivity index (χ2v) is 6.15. The second-order valence-electron chi connectivity index (χ2n) is 4.59. The third-order valence-electron chi connectivity index (χ3n) is 2.75. The van der Waals surface area contributed by atoms with Crippen LogP contribution in [-0.4, -0.2) is 47.6 Å². The lowest BCUT2D eigenvalue weighted by Crippen LogP contribution is -2.35. The van der Waals surface area contributed by atoms with E-state index in [2.05, 4.69) is 18.8 Å². The molecule has 19 heavy (non-hydrogen) atoms. The zero-order valence-corrected chi connectivity index (χ0v) is 12.8. The van der Waals surface area contributed by atoms with Crippen LogP contribution in [0.15, 0.2) is 24.4 Å². The summed E-state index contributed by atoms with van der Waals surface area (Å²) in [6.45, 7) is 4.62. The van der Waals surface area contributed by atoms with E-state index in [9.17, 15) is 4.79 Å². The first-order valence-corrected chi connectivity index (χ1v) is 7.38. The molecule has 0 aliphatic heterocycles. The normalized spacial score (nSPS) is 12.5. The van der Waals surface area contributed by atoms with E-state index in [1.165, 1.54) is 0 Å². The van der Waals surface area contributed by atoms with Crippen LogP contribution in [-0.2, 0) is 9.53 Å². The van der Waals surface area contributed by atoms with Gasteiger partial charge < -0.3 is 9.64 Å². The Kier molecular flexibility index (Phi) is 6.87. The molecule has 1 unspecified atom stereocenters. The lowest BCUT2D eigenvalue weighted by atomic mass is 10.1. The molecule has 0 aliphatic rings. The van der Waals surface area contributed by atoms with Gasteiger partial charge in [-0.15, -0.1) is 11.8 Å². The topological polar surface area (TPSA) is 42.4 Å². The van der Waals surface area contributed by atoms with Crippen LogP contribution < -0.4 is 0 Å². The van der Waals surface area contributed by atoms with Crippen LogP contribution >= 0.6 is 11.8 Å². The number of carbonyl (C=O) groups excluding carboxylic acids is 1. The van der Waals surface area contributed by atoms with E-state index >= 15 is 0 Å². The maximum Gasteiger partial charge on any atom is 0.232 e. The van der Waals surface area contributed by atoms with Crippen molar-refractivity contribution in [2.45, 2.75) is 25.1 Å². The maximum atomic E-state index is 12.2. The lowest BCUT2D eigenvalue weighted by molar-refractivity contribution is -0.130. The fourth-order valence-corrected chi connectivity index (χ4v) is 2.32. The van der Waals surface area contributed by atoms with Crippen LogP contribution in [0.2, 0.25) is 0 Å². The van der Waals surface area contributed by atoms with Crippen LogP contribution in [0.4, 0.5) is 0 Å². The highest BCUT2D eigenvalue weighted by molar-refractivity contribution is 8.00. The van der Waals surface area contributed by atoms with Crippen LogP contribution in [0.1, 0.15) is 25.6 Å². The highest BCUT2D eigenvalue weighted by Gasteiger charge is 2.22. The molecule has 1 rings (SSSR count). The molecule has 106 valence electrons. The van der Waals surface area contributed by atoms with Crippen molar-refractivity contribution in [2.75, 3.05) is 26.5 Å². The van der Waals surface area contributed by atoms with Gasteiger partial charge in [0.25, 0.3) is 0 Å². The number of amides is 1. The van der Waals surface area contributed by atoms with Gasteiger partial charge >= 0.3 is 0 Å². The first-order chi connectivity index (χ1) is 9.06. The number of carbonyl (C=O) groups is 1. The number of pyridine rings is 1. The third-order valence-corrected chi connectivity index (χ3v) is 3.84.